The molecule has 11 heteroatoms. The number of likely N-dealkylation sites (N-methyl/N-ethyl adjacent to an activating group) is 1. The summed E-state index contributed by atoms with van der Waals surface area (Å²) >= 11 is 0. The number of nitrogens with zero attached hydrogens (tertiary/aromatic N) is 5. The van der Waals surface area contributed by atoms with Gasteiger partial charge in [-0.25, -0.2) is 19.9 Å². The lowest BCUT2D eigenvalue weighted by atomic mass is 10.2. The van der Waals surface area contributed by atoms with Crippen molar-refractivity contribution in [1.82, 2.24) is 30.6 Å². The minimum absolute atomic E-state index is 0.00110. The van der Waals surface area contributed by atoms with Gasteiger partial charge in [0.05, 0.1) is 35.7 Å². The Hall–Kier alpha value is -3.89. The van der Waals surface area contributed by atoms with Gasteiger partial charge in [0, 0.05) is 26.2 Å². The van der Waals surface area contributed by atoms with Crippen molar-refractivity contribution in [2.24, 2.45) is 10.7 Å². The second kappa shape index (κ2) is 9.88. The maximum atomic E-state index is 13.0. The molecule has 0 spiro atoms. The molecule has 0 aromatic carbocycles. The van der Waals surface area contributed by atoms with Crippen molar-refractivity contribution in [3.05, 3.63) is 47.8 Å². The maximum Gasteiger partial charge on any atom is 0.276 e. The zero-order valence-corrected chi connectivity index (χ0v) is 16.6. The first-order chi connectivity index (χ1) is 13.9. The molecule has 0 radical (unpaired) electrons. The van der Waals surface area contributed by atoms with Gasteiger partial charge >= 0.3 is 0 Å². The molecule has 2 heterocycles. The van der Waals surface area contributed by atoms with E-state index in [0.717, 1.165) is 0 Å². The van der Waals surface area contributed by atoms with Crippen molar-refractivity contribution < 1.29 is 9.59 Å². The van der Waals surface area contributed by atoms with Crippen LogP contribution in [0.4, 0.5) is 11.4 Å². The molecule has 0 aliphatic heterocycles. The highest BCUT2D eigenvalue weighted by Crippen LogP contribution is 2.20. The second-order valence-corrected chi connectivity index (χ2v) is 6.15. The number of nitrogens with two attached hydrogens (primary N) is 1. The van der Waals surface area contributed by atoms with Gasteiger partial charge in [-0.2, -0.15) is 0 Å². The molecule has 0 bridgehead atoms. The minimum Gasteiger partial charge on any atom is -0.393 e. The monoisotopic (exact) mass is 397 g/mol. The van der Waals surface area contributed by atoms with Crippen molar-refractivity contribution in [2.75, 3.05) is 19.4 Å². The summed E-state index contributed by atoms with van der Waals surface area (Å²) in [5.74, 6) is -0.654. The molecule has 2 rings (SSSR count). The molecule has 5 N–H and O–H groups in total. The van der Waals surface area contributed by atoms with E-state index in [4.69, 9.17) is 5.73 Å². The Morgan fingerprint density at radius 1 is 1.21 bits per heavy atom. The van der Waals surface area contributed by atoms with Crippen molar-refractivity contribution in [3.8, 4) is 0 Å². The van der Waals surface area contributed by atoms with Gasteiger partial charge in [-0.1, -0.05) is 13.8 Å². The lowest BCUT2D eigenvalue weighted by molar-refractivity contribution is -0.117. The van der Waals surface area contributed by atoms with E-state index in [0.29, 0.717) is 17.2 Å². The van der Waals surface area contributed by atoms with Gasteiger partial charge in [0.1, 0.15) is 17.8 Å². The summed E-state index contributed by atoms with van der Waals surface area (Å²) < 4.78 is 0. The summed E-state index contributed by atoms with van der Waals surface area (Å²) in [7, 11) is 2.92. The Balaban J connectivity index is 2.45. The molecule has 0 saturated carbocycles. The smallest absolute Gasteiger partial charge is 0.276 e. The van der Waals surface area contributed by atoms with E-state index >= 15 is 0 Å². The van der Waals surface area contributed by atoms with Gasteiger partial charge in [-0.05, 0) is 0 Å². The number of nitrogens with one attached hydrogen (secondary N) is 3. The molecular weight excluding hydrogens is 374 g/mol. The van der Waals surface area contributed by atoms with Crippen LogP contribution in [-0.4, -0.2) is 52.1 Å². The molecule has 0 atom stereocenters. The third-order valence-electron chi connectivity index (χ3n) is 3.65. The number of amides is 2. The number of rotatable bonds is 7. The van der Waals surface area contributed by atoms with Gasteiger partial charge in [-0.3, -0.25) is 14.6 Å². The average molecular weight is 397 g/mol. The van der Waals surface area contributed by atoms with Crippen molar-refractivity contribution in [1.29, 1.82) is 0 Å². The number of aliphatic imine (C=N–C) groups is 1. The van der Waals surface area contributed by atoms with Crippen LogP contribution in [0.3, 0.4) is 0 Å². The van der Waals surface area contributed by atoms with Crippen molar-refractivity contribution >= 4 is 29.4 Å². The molecule has 0 aliphatic rings. The highest BCUT2D eigenvalue weighted by molar-refractivity contribution is 6.05. The first-order valence-corrected chi connectivity index (χ1v) is 8.71. The standard InChI is InChI=1S/C18H23N9O2/c1-10(2)16-24-8-13(25-11-5-22-9-23-6-11)15(27-16)18(29)26-12(7-20-3)14(19)17(28)21-4/h5-10,25H,19H2,1-4H3,(H,21,28)(H,26,29). The average Bonchev–Trinajstić information content (AvgIpc) is 2.73. The summed E-state index contributed by atoms with van der Waals surface area (Å²) in [6.07, 6.45) is 7.27. The fourth-order valence-electron chi connectivity index (χ4n) is 2.19. The summed E-state index contributed by atoms with van der Waals surface area (Å²) in [4.78, 5) is 45.2. The Morgan fingerprint density at radius 3 is 2.48 bits per heavy atom. The number of allylic oxidation sites excluding steroid dienone is 1. The SMILES string of the molecule is CN=CC(NC(=O)c1nc(C(C)C)ncc1Nc1cncnc1)=C(N)C(=O)NC. The number of carbonyl (C=O) groups excluding carboxylic acids is 2. The zero-order valence-electron chi connectivity index (χ0n) is 16.6. The van der Waals surface area contributed by atoms with Crippen molar-refractivity contribution in [2.45, 2.75) is 19.8 Å². The molecule has 0 fully saturated rings. The molecule has 0 saturated heterocycles. The van der Waals surface area contributed by atoms with E-state index in [2.05, 4.69) is 40.9 Å². The Kier molecular flexibility index (Phi) is 7.29. The van der Waals surface area contributed by atoms with E-state index in [1.54, 1.807) is 12.4 Å². The van der Waals surface area contributed by atoms with Gasteiger partial charge in [0.15, 0.2) is 5.69 Å². The summed E-state index contributed by atoms with van der Waals surface area (Å²) in [5, 5.41) is 8.00. The van der Waals surface area contributed by atoms with Crippen LogP contribution in [0.5, 0.6) is 0 Å². The number of hydrogen-bond donors (Lipinski definition) is 4. The summed E-state index contributed by atoms with van der Waals surface area (Å²) in [6, 6.07) is 0. The number of anilines is 2. The quantitative estimate of drug-likeness (QED) is 0.387. The molecule has 0 aliphatic carbocycles. The first kappa shape index (κ1) is 21.4. The third kappa shape index (κ3) is 5.54. The Bertz CT molecular complexity index is 940. The highest BCUT2D eigenvalue weighted by atomic mass is 16.2. The van der Waals surface area contributed by atoms with Crippen LogP contribution in [-0.2, 0) is 4.79 Å². The molecule has 29 heavy (non-hydrogen) atoms. The van der Waals surface area contributed by atoms with Crippen molar-refractivity contribution in [3.63, 3.8) is 0 Å². The van der Waals surface area contributed by atoms with E-state index in [1.807, 2.05) is 13.8 Å². The van der Waals surface area contributed by atoms with Gasteiger partial charge in [0.25, 0.3) is 11.8 Å². The first-order valence-electron chi connectivity index (χ1n) is 8.71. The normalized spacial score (nSPS) is 11.9. The fraction of sp³-hybridized carbons (Fsp3) is 0.278. The molecule has 152 valence electrons. The van der Waals surface area contributed by atoms with Gasteiger partial charge in [0.2, 0.25) is 0 Å². The Labute approximate surface area is 168 Å². The Morgan fingerprint density at radius 2 is 1.90 bits per heavy atom. The van der Waals surface area contributed by atoms with Crippen LogP contribution in [0.2, 0.25) is 0 Å². The molecule has 2 aromatic rings. The lowest BCUT2D eigenvalue weighted by Crippen LogP contribution is -2.33. The van der Waals surface area contributed by atoms with E-state index in [1.165, 1.54) is 32.8 Å². The maximum absolute atomic E-state index is 13.0. The second-order valence-electron chi connectivity index (χ2n) is 6.15. The topological polar surface area (TPSA) is 160 Å². The van der Waals surface area contributed by atoms with E-state index < -0.39 is 11.8 Å². The van der Waals surface area contributed by atoms with Crippen LogP contribution in [0.25, 0.3) is 0 Å². The zero-order chi connectivity index (χ0) is 21.4. The number of hydrogen-bond acceptors (Lipinski definition) is 9. The molecule has 2 amide bonds. The molecule has 0 unspecified atom stereocenters. The highest BCUT2D eigenvalue weighted by Gasteiger charge is 2.20. The predicted octanol–water partition coefficient (Wildman–Crippen LogP) is 0.480. The fourth-order valence-corrected chi connectivity index (χ4v) is 2.19. The lowest BCUT2D eigenvalue weighted by Gasteiger charge is -2.14. The molecule has 11 nitrogen and oxygen atoms in total. The molecule has 2 aromatic heterocycles. The van der Waals surface area contributed by atoms with E-state index in [9.17, 15) is 9.59 Å². The molecular formula is C18H23N9O2. The summed E-state index contributed by atoms with van der Waals surface area (Å²) in [6.45, 7) is 3.82. The largest absolute Gasteiger partial charge is 0.393 e. The van der Waals surface area contributed by atoms with Crippen LogP contribution in [0.15, 0.2) is 41.3 Å². The van der Waals surface area contributed by atoms with Gasteiger partial charge in [-0.15, -0.1) is 0 Å². The minimum atomic E-state index is -0.588. The van der Waals surface area contributed by atoms with Crippen LogP contribution in [0.1, 0.15) is 36.1 Å². The third-order valence-corrected chi connectivity index (χ3v) is 3.65. The van der Waals surface area contributed by atoms with Crippen LogP contribution in [0, 0.1) is 0 Å². The van der Waals surface area contributed by atoms with Crippen LogP contribution < -0.4 is 21.7 Å². The van der Waals surface area contributed by atoms with E-state index in [-0.39, 0.29) is 23.0 Å². The number of aromatic nitrogens is 4. The number of carbonyl (C=O) groups is 2. The van der Waals surface area contributed by atoms with Gasteiger partial charge < -0.3 is 21.7 Å². The van der Waals surface area contributed by atoms with Crippen LogP contribution >= 0.6 is 0 Å². The summed E-state index contributed by atoms with van der Waals surface area (Å²) in [5.41, 5.74) is 6.65. The predicted molar refractivity (Wildman–Crippen MR) is 109 cm³/mol.